The smallest absolute Gasteiger partial charge is 0.121 e. The van der Waals surface area contributed by atoms with Gasteiger partial charge in [-0.05, 0) is 31.4 Å². The Labute approximate surface area is 113 Å². The molecular formula is C15H18N2O2. The van der Waals surface area contributed by atoms with Crippen molar-refractivity contribution in [3.05, 3.63) is 23.8 Å². The maximum atomic E-state index is 9.30. The van der Waals surface area contributed by atoms with E-state index >= 15 is 0 Å². The monoisotopic (exact) mass is 258 g/mol. The van der Waals surface area contributed by atoms with Gasteiger partial charge in [0, 0.05) is 12.6 Å². The van der Waals surface area contributed by atoms with E-state index in [1.807, 2.05) is 18.2 Å². The molecule has 100 valence electrons. The maximum Gasteiger partial charge on any atom is 0.121 e. The largest absolute Gasteiger partial charge is 0.497 e. The van der Waals surface area contributed by atoms with Gasteiger partial charge in [-0.2, -0.15) is 5.26 Å². The SMILES string of the molecule is COc1ccc(C#N)c(N2CCOC3CCCC32)c1. The van der Waals surface area contributed by atoms with Crippen molar-refractivity contribution in [1.29, 1.82) is 5.26 Å². The highest BCUT2D eigenvalue weighted by Gasteiger charge is 2.36. The third-order valence-electron chi connectivity index (χ3n) is 4.12. The van der Waals surface area contributed by atoms with E-state index < -0.39 is 0 Å². The molecule has 0 N–H and O–H groups in total. The van der Waals surface area contributed by atoms with Gasteiger partial charge >= 0.3 is 0 Å². The first kappa shape index (κ1) is 12.3. The van der Waals surface area contributed by atoms with Crippen LogP contribution in [0.25, 0.3) is 0 Å². The van der Waals surface area contributed by atoms with E-state index in [2.05, 4.69) is 11.0 Å². The zero-order valence-corrected chi connectivity index (χ0v) is 11.1. The van der Waals surface area contributed by atoms with E-state index in [-0.39, 0.29) is 0 Å². The van der Waals surface area contributed by atoms with Gasteiger partial charge in [0.05, 0.1) is 37.1 Å². The van der Waals surface area contributed by atoms with Crippen molar-refractivity contribution < 1.29 is 9.47 Å². The Kier molecular flexibility index (Phi) is 3.31. The van der Waals surface area contributed by atoms with E-state index in [1.54, 1.807) is 7.11 Å². The highest BCUT2D eigenvalue weighted by Crippen LogP contribution is 2.35. The van der Waals surface area contributed by atoms with Crippen LogP contribution in [0, 0.1) is 11.3 Å². The summed E-state index contributed by atoms with van der Waals surface area (Å²) in [4.78, 5) is 2.34. The summed E-state index contributed by atoms with van der Waals surface area (Å²) < 4.78 is 11.1. The molecule has 0 bridgehead atoms. The molecule has 1 saturated carbocycles. The Morgan fingerprint density at radius 3 is 3.11 bits per heavy atom. The van der Waals surface area contributed by atoms with Crippen LogP contribution in [0.5, 0.6) is 5.75 Å². The van der Waals surface area contributed by atoms with Crippen molar-refractivity contribution >= 4 is 5.69 Å². The third-order valence-corrected chi connectivity index (χ3v) is 4.12. The van der Waals surface area contributed by atoms with E-state index in [4.69, 9.17) is 9.47 Å². The summed E-state index contributed by atoms with van der Waals surface area (Å²) in [5, 5.41) is 9.30. The summed E-state index contributed by atoms with van der Waals surface area (Å²) in [5.74, 6) is 0.801. The number of methoxy groups -OCH3 is 1. The third kappa shape index (κ3) is 2.15. The molecule has 0 spiro atoms. The second-order valence-electron chi connectivity index (χ2n) is 5.10. The lowest BCUT2D eigenvalue weighted by Gasteiger charge is -2.39. The van der Waals surface area contributed by atoms with E-state index in [1.165, 1.54) is 6.42 Å². The van der Waals surface area contributed by atoms with Crippen molar-refractivity contribution in [2.75, 3.05) is 25.2 Å². The Morgan fingerprint density at radius 1 is 1.42 bits per heavy atom. The molecule has 1 aromatic rings. The number of hydrogen-bond donors (Lipinski definition) is 0. The molecule has 1 aliphatic heterocycles. The van der Waals surface area contributed by atoms with Gasteiger partial charge in [-0.1, -0.05) is 0 Å². The molecule has 1 heterocycles. The van der Waals surface area contributed by atoms with Crippen LogP contribution >= 0.6 is 0 Å². The molecule has 2 fully saturated rings. The molecule has 0 radical (unpaired) electrons. The van der Waals surface area contributed by atoms with Crippen molar-refractivity contribution in [2.24, 2.45) is 0 Å². The first-order valence-corrected chi connectivity index (χ1v) is 6.80. The number of fused-ring (bicyclic) bond motifs is 1. The standard InChI is InChI=1S/C15H18N2O2/c1-18-12-6-5-11(10-16)14(9-12)17-7-8-19-15-4-2-3-13(15)17/h5-6,9,13,15H,2-4,7-8H2,1H3. The van der Waals surface area contributed by atoms with Gasteiger partial charge in [0.2, 0.25) is 0 Å². The molecule has 2 atom stereocenters. The lowest BCUT2D eigenvalue weighted by molar-refractivity contribution is 0.0256. The molecular weight excluding hydrogens is 240 g/mol. The highest BCUT2D eigenvalue weighted by atomic mass is 16.5. The highest BCUT2D eigenvalue weighted by molar-refractivity contribution is 5.63. The van der Waals surface area contributed by atoms with Gasteiger partial charge in [-0.3, -0.25) is 0 Å². The fourth-order valence-electron chi connectivity index (χ4n) is 3.20. The van der Waals surface area contributed by atoms with Crippen LogP contribution in [0.1, 0.15) is 24.8 Å². The molecule has 3 rings (SSSR count). The summed E-state index contributed by atoms with van der Waals surface area (Å²) in [5.41, 5.74) is 1.70. The van der Waals surface area contributed by atoms with E-state index in [9.17, 15) is 5.26 Å². The maximum absolute atomic E-state index is 9.30. The average molecular weight is 258 g/mol. The number of nitrogens with zero attached hydrogens (tertiary/aromatic N) is 2. The Hall–Kier alpha value is -1.73. The Bertz CT molecular complexity index is 509. The van der Waals surface area contributed by atoms with Crippen LogP contribution in [-0.2, 0) is 4.74 Å². The predicted octanol–water partition coefficient (Wildman–Crippen LogP) is 2.32. The number of nitriles is 1. The Morgan fingerprint density at radius 2 is 2.32 bits per heavy atom. The lowest BCUT2D eigenvalue weighted by atomic mass is 10.1. The second kappa shape index (κ2) is 5.10. The number of rotatable bonds is 2. The number of benzene rings is 1. The summed E-state index contributed by atoms with van der Waals surface area (Å²) in [6, 6.07) is 8.35. The number of hydrogen-bond acceptors (Lipinski definition) is 4. The van der Waals surface area contributed by atoms with Crippen LogP contribution in [0.3, 0.4) is 0 Å². The van der Waals surface area contributed by atoms with Crippen LogP contribution in [0.2, 0.25) is 0 Å². The molecule has 2 aliphatic rings. The van der Waals surface area contributed by atoms with Crippen LogP contribution in [0.15, 0.2) is 18.2 Å². The minimum Gasteiger partial charge on any atom is -0.497 e. The van der Waals surface area contributed by atoms with E-state index in [0.29, 0.717) is 17.7 Å². The lowest BCUT2D eigenvalue weighted by Crippen LogP contribution is -2.48. The van der Waals surface area contributed by atoms with Crippen LogP contribution in [0.4, 0.5) is 5.69 Å². The van der Waals surface area contributed by atoms with Crippen LogP contribution < -0.4 is 9.64 Å². The van der Waals surface area contributed by atoms with Crippen molar-refractivity contribution in [1.82, 2.24) is 0 Å². The van der Waals surface area contributed by atoms with Crippen molar-refractivity contribution in [3.8, 4) is 11.8 Å². The van der Waals surface area contributed by atoms with Gasteiger partial charge in [-0.25, -0.2) is 0 Å². The second-order valence-corrected chi connectivity index (χ2v) is 5.10. The van der Waals surface area contributed by atoms with Gasteiger partial charge in [0.1, 0.15) is 11.8 Å². The predicted molar refractivity (Wildman–Crippen MR) is 72.4 cm³/mol. The normalized spacial score (nSPS) is 25.8. The first-order valence-electron chi connectivity index (χ1n) is 6.80. The van der Waals surface area contributed by atoms with Gasteiger partial charge in [0.25, 0.3) is 0 Å². The Balaban J connectivity index is 1.98. The zero-order valence-electron chi connectivity index (χ0n) is 11.1. The number of anilines is 1. The number of ether oxygens (including phenoxy) is 2. The average Bonchev–Trinajstić information content (AvgIpc) is 2.94. The molecule has 1 aliphatic carbocycles. The summed E-state index contributed by atoms with van der Waals surface area (Å²) >= 11 is 0. The van der Waals surface area contributed by atoms with Gasteiger partial charge < -0.3 is 14.4 Å². The zero-order chi connectivity index (χ0) is 13.2. The molecule has 2 unspecified atom stereocenters. The molecule has 4 heteroatoms. The molecule has 19 heavy (non-hydrogen) atoms. The number of morpholine rings is 1. The fraction of sp³-hybridized carbons (Fsp3) is 0.533. The van der Waals surface area contributed by atoms with E-state index in [0.717, 1.165) is 37.4 Å². The van der Waals surface area contributed by atoms with Crippen LogP contribution in [-0.4, -0.2) is 32.4 Å². The summed E-state index contributed by atoms with van der Waals surface area (Å²) in [6.07, 6.45) is 3.81. The fourth-order valence-corrected chi connectivity index (χ4v) is 3.20. The van der Waals surface area contributed by atoms with Crippen molar-refractivity contribution in [2.45, 2.75) is 31.4 Å². The minimum absolute atomic E-state index is 0.325. The molecule has 1 aromatic carbocycles. The quantitative estimate of drug-likeness (QED) is 0.816. The molecule has 0 aromatic heterocycles. The summed E-state index contributed by atoms with van der Waals surface area (Å²) in [6.45, 7) is 1.59. The van der Waals surface area contributed by atoms with Gasteiger partial charge in [-0.15, -0.1) is 0 Å². The molecule has 0 amide bonds. The van der Waals surface area contributed by atoms with Gasteiger partial charge in [0.15, 0.2) is 0 Å². The topological polar surface area (TPSA) is 45.5 Å². The molecule has 4 nitrogen and oxygen atoms in total. The first-order chi connectivity index (χ1) is 9.33. The molecule has 1 saturated heterocycles. The summed E-state index contributed by atoms with van der Waals surface area (Å²) in [7, 11) is 1.66. The minimum atomic E-state index is 0.325. The van der Waals surface area contributed by atoms with Crippen molar-refractivity contribution in [3.63, 3.8) is 0 Å².